The molecule has 0 saturated carbocycles. The summed E-state index contributed by atoms with van der Waals surface area (Å²) in [5, 5.41) is 11.4. The number of carboxylic acids is 1. The molecule has 0 bridgehead atoms. The van der Waals surface area contributed by atoms with E-state index in [0.29, 0.717) is 12.8 Å². The SMILES string of the molecule is C=CCC(COC(=O)N[C@@H](CCCC)C(=O)O)N(C)C. The molecule has 0 aromatic heterocycles. The Bertz CT molecular complexity index is 318. The lowest BCUT2D eigenvalue weighted by molar-refractivity contribution is -0.139. The third-order valence-electron chi connectivity index (χ3n) is 3.01. The zero-order valence-corrected chi connectivity index (χ0v) is 12.6. The van der Waals surface area contributed by atoms with Crippen LogP contribution in [0.25, 0.3) is 0 Å². The smallest absolute Gasteiger partial charge is 0.407 e. The van der Waals surface area contributed by atoms with Gasteiger partial charge in [-0.1, -0.05) is 25.8 Å². The highest BCUT2D eigenvalue weighted by molar-refractivity contribution is 5.79. The van der Waals surface area contributed by atoms with Gasteiger partial charge in [0.1, 0.15) is 12.6 Å². The molecule has 1 amide bonds. The molecule has 0 spiro atoms. The van der Waals surface area contributed by atoms with Crippen molar-refractivity contribution in [3.05, 3.63) is 12.7 Å². The van der Waals surface area contributed by atoms with Crippen LogP contribution >= 0.6 is 0 Å². The maximum Gasteiger partial charge on any atom is 0.407 e. The summed E-state index contributed by atoms with van der Waals surface area (Å²) in [6, 6.07) is -0.850. The van der Waals surface area contributed by atoms with Crippen molar-refractivity contribution in [2.75, 3.05) is 20.7 Å². The molecule has 2 N–H and O–H groups in total. The maximum absolute atomic E-state index is 11.6. The van der Waals surface area contributed by atoms with Gasteiger partial charge in [0.05, 0.1) is 0 Å². The molecule has 0 aliphatic heterocycles. The van der Waals surface area contributed by atoms with Crippen LogP contribution in [0.15, 0.2) is 12.7 Å². The predicted octanol–water partition coefficient (Wildman–Crippen LogP) is 1.86. The molecule has 0 aromatic carbocycles. The maximum atomic E-state index is 11.6. The van der Waals surface area contributed by atoms with E-state index in [1.165, 1.54) is 0 Å². The zero-order valence-electron chi connectivity index (χ0n) is 12.6. The van der Waals surface area contributed by atoms with Gasteiger partial charge in [0.15, 0.2) is 0 Å². The number of hydrogen-bond acceptors (Lipinski definition) is 4. The van der Waals surface area contributed by atoms with Crippen LogP contribution in [0.2, 0.25) is 0 Å². The number of hydrogen-bond donors (Lipinski definition) is 2. The predicted molar refractivity (Wildman–Crippen MR) is 77.7 cm³/mol. The number of nitrogens with one attached hydrogen (secondary N) is 1. The number of carboxylic acid groups (broad SMARTS) is 1. The van der Waals surface area contributed by atoms with Gasteiger partial charge < -0.3 is 20.1 Å². The Morgan fingerprint density at radius 3 is 2.55 bits per heavy atom. The average Bonchev–Trinajstić information content (AvgIpc) is 2.38. The summed E-state index contributed by atoms with van der Waals surface area (Å²) in [6.07, 6.45) is 3.79. The Labute approximate surface area is 120 Å². The van der Waals surface area contributed by atoms with Gasteiger partial charge in [-0.2, -0.15) is 0 Å². The van der Waals surface area contributed by atoms with E-state index in [9.17, 15) is 9.59 Å². The van der Waals surface area contributed by atoms with Crippen molar-refractivity contribution in [1.29, 1.82) is 0 Å². The summed E-state index contributed by atoms with van der Waals surface area (Å²) < 4.78 is 5.08. The molecule has 116 valence electrons. The minimum absolute atomic E-state index is 0.0390. The molecule has 20 heavy (non-hydrogen) atoms. The van der Waals surface area contributed by atoms with Crippen LogP contribution in [0.5, 0.6) is 0 Å². The molecule has 0 radical (unpaired) electrons. The van der Waals surface area contributed by atoms with Crippen molar-refractivity contribution in [2.45, 2.75) is 44.7 Å². The Balaban J connectivity index is 4.23. The first-order chi connectivity index (χ1) is 9.42. The lowest BCUT2D eigenvalue weighted by Gasteiger charge is -2.23. The molecular weight excluding hydrogens is 260 g/mol. The summed E-state index contributed by atoms with van der Waals surface area (Å²) in [5.41, 5.74) is 0. The minimum Gasteiger partial charge on any atom is -0.480 e. The van der Waals surface area contributed by atoms with Gasteiger partial charge in [-0.15, -0.1) is 6.58 Å². The molecular formula is C14H26N2O4. The van der Waals surface area contributed by atoms with Crippen LogP contribution in [-0.4, -0.2) is 54.9 Å². The van der Waals surface area contributed by atoms with Crippen molar-refractivity contribution in [3.63, 3.8) is 0 Å². The van der Waals surface area contributed by atoms with Gasteiger partial charge in [0.25, 0.3) is 0 Å². The highest BCUT2D eigenvalue weighted by Gasteiger charge is 2.21. The van der Waals surface area contributed by atoms with Crippen molar-refractivity contribution in [1.82, 2.24) is 10.2 Å². The molecule has 0 saturated heterocycles. The summed E-state index contributed by atoms with van der Waals surface area (Å²) in [7, 11) is 3.77. The Hall–Kier alpha value is -1.56. The van der Waals surface area contributed by atoms with Gasteiger partial charge in [-0.05, 0) is 26.9 Å². The van der Waals surface area contributed by atoms with E-state index >= 15 is 0 Å². The third-order valence-corrected chi connectivity index (χ3v) is 3.01. The fraction of sp³-hybridized carbons (Fsp3) is 0.714. The molecule has 0 rings (SSSR count). The number of ether oxygens (including phenoxy) is 1. The Morgan fingerprint density at radius 1 is 1.45 bits per heavy atom. The number of aliphatic carboxylic acids is 1. The van der Waals surface area contributed by atoms with Gasteiger partial charge in [-0.3, -0.25) is 0 Å². The van der Waals surface area contributed by atoms with Gasteiger partial charge in [0, 0.05) is 6.04 Å². The van der Waals surface area contributed by atoms with Crippen LogP contribution in [-0.2, 0) is 9.53 Å². The number of likely N-dealkylation sites (N-methyl/N-ethyl adjacent to an activating group) is 1. The van der Waals surface area contributed by atoms with E-state index < -0.39 is 18.1 Å². The highest BCUT2D eigenvalue weighted by atomic mass is 16.5. The van der Waals surface area contributed by atoms with Crippen molar-refractivity contribution in [3.8, 4) is 0 Å². The summed E-state index contributed by atoms with van der Waals surface area (Å²) in [4.78, 5) is 24.5. The number of alkyl carbamates (subject to hydrolysis) is 1. The first-order valence-electron chi connectivity index (χ1n) is 6.85. The van der Waals surface area contributed by atoms with E-state index in [2.05, 4.69) is 11.9 Å². The summed E-state index contributed by atoms with van der Waals surface area (Å²) >= 11 is 0. The molecule has 6 heteroatoms. The van der Waals surface area contributed by atoms with Crippen molar-refractivity contribution < 1.29 is 19.4 Å². The molecule has 0 heterocycles. The van der Waals surface area contributed by atoms with E-state index in [-0.39, 0.29) is 12.6 Å². The quantitative estimate of drug-likeness (QED) is 0.599. The number of amides is 1. The number of nitrogens with zero attached hydrogens (tertiary/aromatic N) is 1. The van der Waals surface area contributed by atoms with E-state index in [1.54, 1.807) is 6.08 Å². The lowest BCUT2D eigenvalue weighted by Crippen LogP contribution is -2.42. The van der Waals surface area contributed by atoms with Crippen LogP contribution in [0, 0.1) is 0 Å². The second-order valence-corrected chi connectivity index (χ2v) is 4.92. The number of unbranched alkanes of at least 4 members (excludes halogenated alkanes) is 1. The van der Waals surface area contributed by atoms with Crippen molar-refractivity contribution in [2.24, 2.45) is 0 Å². The number of carbonyl (C=O) groups is 2. The molecule has 2 atom stereocenters. The molecule has 0 fully saturated rings. The lowest BCUT2D eigenvalue weighted by atomic mass is 10.1. The van der Waals surface area contributed by atoms with Gasteiger partial charge in [0.2, 0.25) is 0 Å². The van der Waals surface area contributed by atoms with Crippen LogP contribution in [0.3, 0.4) is 0 Å². The topological polar surface area (TPSA) is 78.9 Å². The fourth-order valence-corrected chi connectivity index (χ4v) is 1.64. The fourth-order valence-electron chi connectivity index (χ4n) is 1.64. The monoisotopic (exact) mass is 286 g/mol. The Kier molecular flexibility index (Phi) is 9.45. The second kappa shape index (κ2) is 10.3. The third kappa shape index (κ3) is 7.78. The van der Waals surface area contributed by atoms with Crippen molar-refractivity contribution >= 4 is 12.1 Å². The zero-order chi connectivity index (χ0) is 15.5. The van der Waals surface area contributed by atoms with E-state index in [0.717, 1.165) is 12.8 Å². The highest BCUT2D eigenvalue weighted by Crippen LogP contribution is 2.04. The number of rotatable bonds is 10. The molecule has 0 aromatic rings. The largest absolute Gasteiger partial charge is 0.480 e. The van der Waals surface area contributed by atoms with E-state index in [1.807, 2.05) is 25.9 Å². The van der Waals surface area contributed by atoms with Crippen LogP contribution < -0.4 is 5.32 Å². The second-order valence-electron chi connectivity index (χ2n) is 4.92. The van der Waals surface area contributed by atoms with Crippen LogP contribution in [0.4, 0.5) is 4.79 Å². The number of carbonyl (C=O) groups excluding carboxylic acids is 1. The Morgan fingerprint density at radius 2 is 2.10 bits per heavy atom. The normalized spacial score (nSPS) is 13.6. The van der Waals surface area contributed by atoms with E-state index in [4.69, 9.17) is 9.84 Å². The van der Waals surface area contributed by atoms with Gasteiger partial charge in [-0.25, -0.2) is 9.59 Å². The van der Waals surface area contributed by atoms with Gasteiger partial charge >= 0.3 is 12.1 Å². The average molecular weight is 286 g/mol. The first-order valence-corrected chi connectivity index (χ1v) is 6.85. The first kappa shape index (κ1) is 18.4. The molecule has 6 nitrogen and oxygen atoms in total. The minimum atomic E-state index is -1.04. The molecule has 0 aliphatic carbocycles. The summed E-state index contributed by atoms with van der Waals surface area (Å²) in [6.45, 7) is 5.82. The standard InChI is InChI=1S/C14H26N2O4/c1-5-7-9-12(13(17)18)15-14(19)20-10-11(8-6-2)16(3)4/h6,11-12H,2,5,7-10H2,1,3-4H3,(H,15,19)(H,17,18)/t11?,12-/m0/s1. The molecule has 1 unspecified atom stereocenters. The summed E-state index contributed by atoms with van der Waals surface area (Å²) in [5.74, 6) is -1.04. The van der Waals surface area contributed by atoms with Crippen LogP contribution in [0.1, 0.15) is 32.6 Å². The molecule has 0 aliphatic rings.